The van der Waals surface area contributed by atoms with Gasteiger partial charge in [0.25, 0.3) is 0 Å². The first-order valence-corrected chi connectivity index (χ1v) is 4.66. The fourth-order valence-electron chi connectivity index (χ4n) is 1.95. The molecular formula is C10H18O2. The smallest absolute Gasteiger partial charge is 0.139 e. The van der Waals surface area contributed by atoms with E-state index in [0.717, 1.165) is 12.8 Å². The van der Waals surface area contributed by atoms with E-state index in [1.807, 2.05) is 0 Å². The normalized spacial score (nSPS) is 32.2. The highest BCUT2D eigenvalue weighted by molar-refractivity contribution is 5.82. The summed E-state index contributed by atoms with van der Waals surface area (Å²) in [6, 6.07) is 0. The van der Waals surface area contributed by atoms with E-state index in [0.29, 0.717) is 12.3 Å². The molecule has 1 fully saturated rings. The van der Waals surface area contributed by atoms with Crippen LogP contribution in [0.2, 0.25) is 0 Å². The Morgan fingerprint density at radius 2 is 2.00 bits per heavy atom. The molecule has 0 unspecified atom stereocenters. The van der Waals surface area contributed by atoms with E-state index in [1.165, 1.54) is 0 Å². The fourth-order valence-corrected chi connectivity index (χ4v) is 1.95. The van der Waals surface area contributed by atoms with Gasteiger partial charge in [0.15, 0.2) is 0 Å². The summed E-state index contributed by atoms with van der Waals surface area (Å²) in [5.74, 6) is 0.617. The van der Waals surface area contributed by atoms with E-state index in [2.05, 4.69) is 6.92 Å². The number of ketones is 1. The molecule has 0 aromatic carbocycles. The summed E-state index contributed by atoms with van der Waals surface area (Å²) in [6.07, 6.45) is 2.57. The number of aliphatic hydroxyl groups is 1. The zero-order chi connectivity index (χ0) is 9.35. The molecule has 0 heterocycles. The first kappa shape index (κ1) is 9.72. The molecule has 1 saturated carbocycles. The highest BCUT2D eigenvalue weighted by atomic mass is 16.3. The van der Waals surface area contributed by atoms with Gasteiger partial charge in [-0.25, -0.2) is 0 Å². The lowest BCUT2D eigenvalue weighted by atomic mass is 9.74. The molecule has 0 radical (unpaired) electrons. The quantitative estimate of drug-likeness (QED) is 0.651. The van der Waals surface area contributed by atoms with E-state index < -0.39 is 5.60 Å². The van der Waals surface area contributed by atoms with Gasteiger partial charge in [-0.1, -0.05) is 6.92 Å². The van der Waals surface area contributed by atoms with Crippen molar-refractivity contribution < 1.29 is 9.90 Å². The fraction of sp³-hybridized carbons (Fsp3) is 0.900. The van der Waals surface area contributed by atoms with Crippen molar-refractivity contribution in [1.82, 2.24) is 0 Å². The monoisotopic (exact) mass is 170 g/mol. The number of Topliss-reactive ketones (excluding diaryl/α,β-unsaturated/α-hetero) is 1. The Morgan fingerprint density at radius 1 is 1.42 bits per heavy atom. The average molecular weight is 170 g/mol. The number of rotatable bonds is 1. The summed E-state index contributed by atoms with van der Waals surface area (Å²) in [7, 11) is 0. The standard InChI is InChI=1S/C10H18O2/c1-7-4-5-8(9(11)6-7)10(2,3)12/h7-8,12H,4-6H2,1-3H3/t7-,8-/m1/s1. The Kier molecular flexibility index (Phi) is 2.57. The van der Waals surface area contributed by atoms with Crippen molar-refractivity contribution in [3.63, 3.8) is 0 Å². The molecule has 2 heteroatoms. The summed E-state index contributed by atoms with van der Waals surface area (Å²) in [5, 5.41) is 9.68. The molecular weight excluding hydrogens is 152 g/mol. The van der Waals surface area contributed by atoms with Crippen LogP contribution in [-0.4, -0.2) is 16.5 Å². The van der Waals surface area contributed by atoms with Crippen molar-refractivity contribution in [2.24, 2.45) is 11.8 Å². The lowest BCUT2D eigenvalue weighted by molar-refractivity contribution is -0.134. The van der Waals surface area contributed by atoms with Crippen LogP contribution in [0.15, 0.2) is 0 Å². The van der Waals surface area contributed by atoms with Crippen LogP contribution in [0.5, 0.6) is 0 Å². The molecule has 2 atom stereocenters. The molecule has 0 aliphatic heterocycles. The third kappa shape index (κ3) is 2.07. The largest absolute Gasteiger partial charge is 0.390 e. The molecule has 0 spiro atoms. The summed E-state index contributed by atoms with van der Waals surface area (Å²) in [5.41, 5.74) is -0.822. The van der Waals surface area contributed by atoms with Gasteiger partial charge in [0, 0.05) is 12.3 Å². The van der Waals surface area contributed by atoms with Crippen LogP contribution in [-0.2, 0) is 4.79 Å². The van der Waals surface area contributed by atoms with Gasteiger partial charge in [-0.3, -0.25) is 4.79 Å². The first-order chi connectivity index (χ1) is 5.41. The molecule has 0 amide bonds. The topological polar surface area (TPSA) is 37.3 Å². The molecule has 1 rings (SSSR count). The van der Waals surface area contributed by atoms with Crippen LogP contribution in [0.25, 0.3) is 0 Å². The predicted octanol–water partition coefficient (Wildman–Crippen LogP) is 1.76. The predicted molar refractivity (Wildman–Crippen MR) is 47.8 cm³/mol. The highest BCUT2D eigenvalue weighted by Gasteiger charge is 2.36. The molecule has 0 bridgehead atoms. The molecule has 0 aromatic rings. The van der Waals surface area contributed by atoms with E-state index in [4.69, 9.17) is 0 Å². The van der Waals surface area contributed by atoms with Crippen molar-refractivity contribution >= 4 is 5.78 Å². The van der Waals surface area contributed by atoms with Crippen molar-refractivity contribution in [2.45, 2.75) is 45.6 Å². The van der Waals surface area contributed by atoms with Gasteiger partial charge >= 0.3 is 0 Å². The molecule has 1 aliphatic rings. The average Bonchev–Trinajstić information content (AvgIpc) is 1.83. The molecule has 12 heavy (non-hydrogen) atoms. The van der Waals surface area contributed by atoms with E-state index in [9.17, 15) is 9.90 Å². The Balaban J connectivity index is 2.63. The van der Waals surface area contributed by atoms with Gasteiger partial charge in [-0.2, -0.15) is 0 Å². The Morgan fingerprint density at radius 3 is 2.42 bits per heavy atom. The molecule has 1 N–H and O–H groups in total. The van der Waals surface area contributed by atoms with Crippen LogP contribution in [0.4, 0.5) is 0 Å². The summed E-state index contributed by atoms with van der Waals surface area (Å²) >= 11 is 0. The van der Waals surface area contributed by atoms with E-state index in [1.54, 1.807) is 13.8 Å². The Bertz CT molecular complexity index is 179. The molecule has 1 aliphatic carbocycles. The van der Waals surface area contributed by atoms with Crippen LogP contribution in [0.3, 0.4) is 0 Å². The number of hydrogen-bond donors (Lipinski definition) is 1. The second kappa shape index (κ2) is 3.17. The maximum Gasteiger partial charge on any atom is 0.139 e. The minimum atomic E-state index is -0.822. The number of carbonyl (C=O) groups excluding carboxylic acids is 1. The highest BCUT2D eigenvalue weighted by Crippen LogP contribution is 2.32. The van der Waals surface area contributed by atoms with Gasteiger partial charge in [-0.05, 0) is 32.6 Å². The van der Waals surface area contributed by atoms with Crippen molar-refractivity contribution in [3.05, 3.63) is 0 Å². The van der Waals surface area contributed by atoms with E-state index in [-0.39, 0.29) is 11.7 Å². The minimum absolute atomic E-state index is 0.131. The minimum Gasteiger partial charge on any atom is -0.390 e. The summed E-state index contributed by atoms with van der Waals surface area (Å²) in [4.78, 5) is 11.5. The number of carbonyl (C=O) groups is 1. The second-order valence-corrected chi connectivity index (χ2v) is 4.56. The van der Waals surface area contributed by atoms with Gasteiger partial charge in [0.2, 0.25) is 0 Å². The maximum absolute atomic E-state index is 11.5. The lowest BCUT2D eigenvalue weighted by Crippen LogP contribution is -2.40. The molecule has 0 saturated heterocycles. The number of hydrogen-bond acceptors (Lipinski definition) is 2. The van der Waals surface area contributed by atoms with Crippen molar-refractivity contribution in [1.29, 1.82) is 0 Å². The van der Waals surface area contributed by atoms with Gasteiger partial charge in [0.05, 0.1) is 5.60 Å². The van der Waals surface area contributed by atoms with Gasteiger partial charge in [-0.15, -0.1) is 0 Å². The van der Waals surface area contributed by atoms with Crippen molar-refractivity contribution in [3.8, 4) is 0 Å². The summed E-state index contributed by atoms with van der Waals surface area (Å²) in [6.45, 7) is 5.55. The van der Waals surface area contributed by atoms with Gasteiger partial charge < -0.3 is 5.11 Å². The van der Waals surface area contributed by atoms with Crippen LogP contribution >= 0.6 is 0 Å². The van der Waals surface area contributed by atoms with Crippen LogP contribution in [0.1, 0.15) is 40.0 Å². The van der Waals surface area contributed by atoms with E-state index >= 15 is 0 Å². The molecule has 0 aromatic heterocycles. The third-order valence-corrected chi connectivity index (χ3v) is 2.74. The first-order valence-electron chi connectivity index (χ1n) is 4.66. The summed E-state index contributed by atoms with van der Waals surface area (Å²) < 4.78 is 0. The molecule has 70 valence electrons. The zero-order valence-corrected chi connectivity index (χ0v) is 8.13. The van der Waals surface area contributed by atoms with Gasteiger partial charge in [0.1, 0.15) is 5.78 Å². The van der Waals surface area contributed by atoms with Crippen molar-refractivity contribution in [2.75, 3.05) is 0 Å². The zero-order valence-electron chi connectivity index (χ0n) is 8.13. The Labute approximate surface area is 74.0 Å². The lowest BCUT2D eigenvalue weighted by Gasteiger charge is -2.33. The SMILES string of the molecule is C[C@@H]1CC[C@@H](C(C)(C)O)C(=O)C1. The maximum atomic E-state index is 11.5. The van der Waals surface area contributed by atoms with Crippen LogP contribution < -0.4 is 0 Å². The second-order valence-electron chi connectivity index (χ2n) is 4.56. The Hall–Kier alpha value is -0.370. The van der Waals surface area contributed by atoms with Crippen LogP contribution in [0, 0.1) is 11.8 Å². The molecule has 2 nitrogen and oxygen atoms in total. The third-order valence-electron chi connectivity index (χ3n) is 2.74.